The first-order chi connectivity index (χ1) is 15.6. The quantitative estimate of drug-likeness (QED) is 0.152. The van der Waals surface area contributed by atoms with E-state index in [4.69, 9.17) is 4.74 Å². The molecule has 33 heavy (non-hydrogen) atoms. The van der Waals surface area contributed by atoms with Crippen LogP contribution in [-0.4, -0.2) is 37.4 Å². The Bertz CT molecular complexity index is 1220. The minimum absolute atomic E-state index is 0.285. The Morgan fingerprint density at radius 2 is 1.94 bits per heavy atom. The maximum absolute atomic E-state index is 13.3. The Labute approximate surface area is 184 Å². The molecule has 3 aromatic rings. The number of nitrogens with zero attached hydrogens (tertiary/aromatic N) is 5. The fraction of sp³-hybridized carbons (Fsp3) is 0.250. The zero-order valence-corrected chi connectivity index (χ0v) is 17.3. The van der Waals surface area contributed by atoms with Crippen LogP contribution in [0.25, 0.3) is 6.08 Å². The molecular formula is C20H17F4N5O4. The Kier molecular flexibility index (Phi) is 6.89. The Balaban J connectivity index is 1.91. The highest BCUT2D eigenvalue weighted by atomic mass is 19.3. The zero-order chi connectivity index (χ0) is 24.3. The first-order valence-electron chi connectivity index (χ1n) is 9.32. The van der Waals surface area contributed by atoms with Gasteiger partial charge in [-0.05, 0) is 29.8 Å². The maximum Gasteiger partial charge on any atom is 0.318 e. The molecule has 0 aliphatic rings. The lowest BCUT2D eigenvalue weighted by atomic mass is 10.1. The largest absolute Gasteiger partial charge is 0.496 e. The molecule has 0 saturated heterocycles. The monoisotopic (exact) mass is 467 g/mol. The fourth-order valence-corrected chi connectivity index (χ4v) is 3.08. The molecule has 0 unspecified atom stereocenters. The molecule has 13 heteroatoms. The molecule has 2 heterocycles. The van der Waals surface area contributed by atoms with Gasteiger partial charge in [0.25, 0.3) is 12.9 Å². The number of benzene rings is 1. The van der Waals surface area contributed by atoms with Gasteiger partial charge in [-0.2, -0.15) is 10.2 Å². The van der Waals surface area contributed by atoms with Crippen molar-refractivity contribution in [1.82, 2.24) is 19.6 Å². The van der Waals surface area contributed by atoms with E-state index in [2.05, 4.69) is 10.2 Å². The minimum atomic E-state index is -3.02. The van der Waals surface area contributed by atoms with Crippen molar-refractivity contribution in [3.8, 4) is 5.75 Å². The van der Waals surface area contributed by atoms with E-state index in [0.29, 0.717) is 17.2 Å². The molecule has 9 nitrogen and oxygen atoms in total. The van der Waals surface area contributed by atoms with E-state index in [1.807, 2.05) is 0 Å². The molecule has 0 N–H and O–H groups in total. The molecule has 0 fully saturated rings. The van der Waals surface area contributed by atoms with Crippen molar-refractivity contribution in [1.29, 1.82) is 0 Å². The van der Waals surface area contributed by atoms with Crippen molar-refractivity contribution >= 4 is 17.5 Å². The third kappa shape index (κ3) is 5.25. The Morgan fingerprint density at radius 3 is 2.55 bits per heavy atom. The molecule has 0 atom stereocenters. The van der Waals surface area contributed by atoms with Crippen LogP contribution < -0.4 is 4.74 Å². The lowest BCUT2D eigenvalue weighted by Crippen LogP contribution is -2.08. The number of ketones is 1. The van der Waals surface area contributed by atoms with Crippen LogP contribution in [0.15, 0.2) is 36.5 Å². The van der Waals surface area contributed by atoms with Gasteiger partial charge in [-0.3, -0.25) is 24.3 Å². The molecule has 2 aromatic heterocycles. The van der Waals surface area contributed by atoms with Crippen molar-refractivity contribution in [3.63, 3.8) is 0 Å². The number of ether oxygens (including phenoxy) is 1. The summed E-state index contributed by atoms with van der Waals surface area (Å²) < 4.78 is 59.6. The second kappa shape index (κ2) is 9.63. The average molecular weight is 467 g/mol. The van der Waals surface area contributed by atoms with Gasteiger partial charge >= 0.3 is 5.69 Å². The number of aryl methyl sites for hydroxylation is 1. The number of methoxy groups -OCH3 is 1. The molecular weight excluding hydrogens is 450 g/mol. The van der Waals surface area contributed by atoms with Gasteiger partial charge in [-0.15, -0.1) is 0 Å². The summed E-state index contributed by atoms with van der Waals surface area (Å²) in [6.45, 7) is -0.295. The van der Waals surface area contributed by atoms with E-state index >= 15 is 0 Å². The van der Waals surface area contributed by atoms with Gasteiger partial charge in [0.05, 0.1) is 18.6 Å². The predicted octanol–water partition coefficient (Wildman–Crippen LogP) is 4.35. The molecule has 0 aliphatic carbocycles. The minimum Gasteiger partial charge on any atom is -0.496 e. The van der Waals surface area contributed by atoms with Crippen molar-refractivity contribution in [3.05, 3.63) is 74.9 Å². The van der Waals surface area contributed by atoms with Crippen LogP contribution in [0.4, 0.5) is 23.2 Å². The van der Waals surface area contributed by atoms with Crippen LogP contribution in [0, 0.1) is 10.1 Å². The van der Waals surface area contributed by atoms with E-state index in [1.165, 1.54) is 32.4 Å². The lowest BCUT2D eigenvalue weighted by molar-refractivity contribution is -0.385. The summed E-state index contributed by atoms with van der Waals surface area (Å²) in [4.78, 5) is 22.7. The van der Waals surface area contributed by atoms with E-state index in [9.17, 15) is 32.5 Å². The number of carbonyl (C=O) groups excluding carboxylic acids is 1. The molecule has 0 bridgehead atoms. The van der Waals surface area contributed by atoms with Crippen molar-refractivity contribution in [2.24, 2.45) is 7.05 Å². The van der Waals surface area contributed by atoms with Crippen LogP contribution in [0.2, 0.25) is 0 Å². The summed E-state index contributed by atoms with van der Waals surface area (Å²) in [5.41, 5.74) is -1.48. The Hall–Kier alpha value is -4.03. The molecule has 3 rings (SSSR count). The summed E-state index contributed by atoms with van der Waals surface area (Å²) in [6, 6.07) is 5.20. The lowest BCUT2D eigenvalue weighted by Gasteiger charge is -2.12. The number of hydrogen-bond donors (Lipinski definition) is 0. The smallest absolute Gasteiger partial charge is 0.318 e. The van der Waals surface area contributed by atoms with Crippen molar-refractivity contribution < 1.29 is 32.0 Å². The molecule has 0 aliphatic heterocycles. The number of nitro groups is 1. The van der Waals surface area contributed by atoms with Gasteiger partial charge in [-0.25, -0.2) is 17.6 Å². The highest BCUT2D eigenvalue weighted by molar-refractivity contribution is 6.07. The van der Waals surface area contributed by atoms with Crippen molar-refractivity contribution in [2.75, 3.05) is 7.11 Å². The highest BCUT2D eigenvalue weighted by Gasteiger charge is 2.24. The third-order valence-corrected chi connectivity index (χ3v) is 4.57. The summed E-state index contributed by atoms with van der Waals surface area (Å²) in [7, 11) is 2.78. The number of rotatable bonds is 9. The molecule has 0 amide bonds. The fourth-order valence-electron chi connectivity index (χ4n) is 3.08. The normalized spacial score (nSPS) is 11.6. The first kappa shape index (κ1) is 23.6. The number of halogens is 4. The molecule has 1 aromatic carbocycles. The Morgan fingerprint density at radius 1 is 1.21 bits per heavy atom. The van der Waals surface area contributed by atoms with Gasteiger partial charge in [0.1, 0.15) is 23.3 Å². The summed E-state index contributed by atoms with van der Waals surface area (Å²) in [6.07, 6.45) is -2.50. The van der Waals surface area contributed by atoms with Crippen LogP contribution in [0.3, 0.4) is 0 Å². The molecule has 0 spiro atoms. The first-order valence-corrected chi connectivity index (χ1v) is 9.32. The SMILES string of the molecule is COc1ccc(/C=C/C(=O)c2nn(C)cc2[N+](=O)[O-])cc1Cn1nc(C(F)F)cc1C(F)F. The molecule has 0 radical (unpaired) electrons. The highest BCUT2D eigenvalue weighted by Crippen LogP contribution is 2.28. The van der Waals surface area contributed by atoms with Crippen LogP contribution in [-0.2, 0) is 13.6 Å². The second-order valence-corrected chi connectivity index (χ2v) is 6.82. The summed E-state index contributed by atoms with van der Waals surface area (Å²) >= 11 is 0. The van der Waals surface area contributed by atoms with Gasteiger partial charge in [0, 0.05) is 12.6 Å². The van der Waals surface area contributed by atoms with Gasteiger partial charge in [-0.1, -0.05) is 12.1 Å². The average Bonchev–Trinajstić information content (AvgIpc) is 3.36. The predicted molar refractivity (Wildman–Crippen MR) is 107 cm³/mol. The number of aromatic nitrogens is 4. The van der Waals surface area contributed by atoms with Gasteiger partial charge < -0.3 is 4.74 Å². The number of carbonyl (C=O) groups is 1. The number of hydrogen-bond acceptors (Lipinski definition) is 6. The van der Waals surface area contributed by atoms with E-state index in [0.717, 1.165) is 21.6 Å². The van der Waals surface area contributed by atoms with Gasteiger partial charge in [0.15, 0.2) is 0 Å². The third-order valence-electron chi connectivity index (χ3n) is 4.57. The maximum atomic E-state index is 13.3. The van der Waals surface area contributed by atoms with Crippen LogP contribution in [0.1, 0.15) is 45.9 Å². The van der Waals surface area contributed by atoms with Crippen molar-refractivity contribution in [2.45, 2.75) is 19.4 Å². The number of alkyl halides is 4. The molecule has 174 valence electrons. The van der Waals surface area contributed by atoms with E-state index < -0.39 is 40.6 Å². The van der Waals surface area contributed by atoms with E-state index in [1.54, 1.807) is 6.07 Å². The van der Waals surface area contributed by atoms with Gasteiger partial charge in [0.2, 0.25) is 11.5 Å². The topological polar surface area (TPSA) is 105 Å². The zero-order valence-electron chi connectivity index (χ0n) is 17.3. The van der Waals surface area contributed by atoms with E-state index in [-0.39, 0.29) is 18.0 Å². The summed E-state index contributed by atoms with van der Waals surface area (Å²) in [5.74, 6) is -0.429. The summed E-state index contributed by atoms with van der Waals surface area (Å²) in [5, 5.41) is 18.4. The second-order valence-electron chi connectivity index (χ2n) is 6.82. The van der Waals surface area contributed by atoms with Crippen LogP contribution in [0.5, 0.6) is 5.75 Å². The number of allylic oxidation sites excluding steroid dienone is 1. The molecule has 0 saturated carbocycles. The van der Waals surface area contributed by atoms with Crippen LogP contribution >= 0.6 is 0 Å². The standard InChI is InChI=1S/C20H17F4N5O4/c1-27-10-15(29(31)32)18(26-27)16(30)5-3-11-4-6-17(33-2)12(7-11)9-28-14(20(23)24)8-13(25-28)19(21)22/h3-8,10,19-20H,9H2,1-2H3/b5-3+.